The Labute approximate surface area is 133 Å². The van der Waals surface area contributed by atoms with E-state index in [2.05, 4.69) is 5.32 Å². The van der Waals surface area contributed by atoms with Gasteiger partial charge in [-0.3, -0.25) is 4.79 Å². The topological polar surface area (TPSA) is 64.6 Å². The van der Waals surface area contributed by atoms with Gasteiger partial charge in [0.25, 0.3) is 5.91 Å². The molecule has 0 spiro atoms. The highest BCUT2D eigenvalue weighted by Gasteiger charge is 2.11. The van der Waals surface area contributed by atoms with Crippen molar-refractivity contribution in [1.82, 2.24) is 0 Å². The van der Waals surface area contributed by atoms with Gasteiger partial charge in [-0.25, -0.2) is 9.18 Å². The lowest BCUT2D eigenvalue weighted by molar-refractivity contribution is -0.119. The van der Waals surface area contributed by atoms with Crippen molar-refractivity contribution in [3.05, 3.63) is 65.5 Å². The lowest BCUT2D eigenvalue weighted by atomic mass is 10.1. The summed E-state index contributed by atoms with van der Waals surface area (Å²) in [6.45, 7) is -0.0483. The minimum Gasteiger partial charge on any atom is -0.452 e. The first kappa shape index (κ1) is 16.6. The maximum absolute atomic E-state index is 13.4. The third-order valence-corrected chi connectivity index (χ3v) is 2.98. The molecule has 0 saturated carbocycles. The summed E-state index contributed by atoms with van der Waals surface area (Å²) in [7, 11) is 1.58. The highest BCUT2D eigenvalue weighted by molar-refractivity contribution is 5.95. The summed E-state index contributed by atoms with van der Waals surface area (Å²) in [6, 6.07) is 12.4. The van der Waals surface area contributed by atoms with E-state index < -0.39 is 24.3 Å². The summed E-state index contributed by atoms with van der Waals surface area (Å²) in [5, 5.41) is 2.34. The number of esters is 1. The van der Waals surface area contributed by atoms with Gasteiger partial charge in [0.2, 0.25) is 0 Å². The molecule has 0 atom stereocenters. The number of anilines is 1. The zero-order valence-electron chi connectivity index (χ0n) is 12.5. The van der Waals surface area contributed by atoms with Crippen molar-refractivity contribution in [2.75, 3.05) is 19.0 Å². The average Bonchev–Trinajstić information content (AvgIpc) is 2.56. The van der Waals surface area contributed by atoms with Crippen LogP contribution in [0, 0.1) is 5.82 Å². The molecular formula is C17H16FNO4. The standard InChI is InChI=1S/C17H16FNO4/c1-22-10-12-6-8-13(9-7-12)17(21)23-11-16(20)19-15-5-3-2-4-14(15)18/h2-9H,10-11H2,1H3,(H,19,20). The Kier molecular flexibility index (Phi) is 5.82. The molecule has 2 aromatic rings. The molecule has 0 radical (unpaired) electrons. The van der Waals surface area contributed by atoms with E-state index in [4.69, 9.17) is 9.47 Å². The number of methoxy groups -OCH3 is 1. The van der Waals surface area contributed by atoms with Crippen molar-refractivity contribution in [3.63, 3.8) is 0 Å². The molecule has 23 heavy (non-hydrogen) atoms. The van der Waals surface area contributed by atoms with Crippen LogP contribution in [0.5, 0.6) is 0 Å². The van der Waals surface area contributed by atoms with Crippen LogP contribution in [0.25, 0.3) is 0 Å². The van der Waals surface area contributed by atoms with Crippen molar-refractivity contribution < 1.29 is 23.5 Å². The van der Waals surface area contributed by atoms with Crippen LogP contribution in [0.2, 0.25) is 0 Å². The van der Waals surface area contributed by atoms with Gasteiger partial charge in [0.1, 0.15) is 5.82 Å². The van der Waals surface area contributed by atoms with E-state index in [-0.39, 0.29) is 5.69 Å². The highest BCUT2D eigenvalue weighted by atomic mass is 19.1. The predicted molar refractivity (Wildman–Crippen MR) is 82.5 cm³/mol. The third kappa shape index (κ3) is 4.89. The number of halogens is 1. The van der Waals surface area contributed by atoms with Crippen LogP contribution in [0.15, 0.2) is 48.5 Å². The summed E-state index contributed by atoms with van der Waals surface area (Å²) in [5.74, 6) is -1.79. The van der Waals surface area contributed by atoms with Gasteiger partial charge >= 0.3 is 5.97 Å². The summed E-state index contributed by atoms with van der Waals surface area (Å²) in [4.78, 5) is 23.5. The van der Waals surface area contributed by atoms with Crippen LogP contribution >= 0.6 is 0 Å². The second-order valence-corrected chi connectivity index (χ2v) is 4.73. The Balaban J connectivity index is 1.86. The summed E-state index contributed by atoms with van der Waals surface area (Å²) < 4.78 is 23.3. The molecule has 0 heterocycles. The SMILES string of the molecule is COCc1ccc(C(=O)OCC(=O)Nc2ccccc2F)cc1. The number of hydrogen-bond acceptors (Lipinski definition) is 4. The maximum atomic E-state index is 13.4. The Bertz CT molecular complexity index is 685. The van der Waals surface area contributed by atoms with Crippen LogP contribution in [0.3, 0.4) is 0 Å². The van der Waals surface area contributed by atoms with Gasteiger partial charge < -0.3 is 14.8 Å². The molecule has 2 aromatic carbocycles. The number of carbonyl (C=O) groups excluding carboxylic acids is 2. The largest absolute Gasteiger partial charge is 0.452 e. The Morgan fingerprint density at radius 3 is 2.43 bits per heavy atom. The van der Waals surface area contributed by atoms with Crippen LogP contribution in [0.1, 0.15) is 15.9 Å². The average molecular weight is 317 g/mol. The van der Waals surface area contributed by atoms with Gasteiger partial charge in [0.05, 0.1) is 17.9 Å². The minimum atomic E-state index is -0.627. The van der Waals surface area contributed by atoms with Crippen molar-refractivity contribution >= 4 is 17.6 Å². The fourth-order valence-corrected chi connectivity index (χ4v) is 1.87. The van der Waals surface area contributed by atoms with E-state index in [1.807, 2.05) is 0 Å². The smallest absolute Gasteiger partial charge is 0.338 e. The van der Waals surface area contributed by atoms with Gasteiger partial charge in [-0.15, -0.1) is 0 Å². The quantitative estimate of drug-likeness (QED) is 0.832. The highest BCUT2D eigenvalue weighted by Crippen LogP contribution is 2.12. The van der Waals surface area contributed by atoms with Crippen LogP contribution in [0.4, 0.5) is 10.1 Å². The molecule has 6 heteroatoms. The number of benzene rings is 2. The van der Waals surface area contributed by atoms with Crippen LogP contribution in [-0.4, -0.2) is 25.6 Å². The van der Waals surface area contributed by atoms with Crippen molar-refractivity contribution in [1.29, 1.82) is 0 Å². The van der Waals surface area contributed by atoms with Crippen LogP contribution in [-0.2, 0) is 20.9 Å². The molecule has 0 aliphatic carbocycles. The zero-order chi connectivity index (χ0) is 16.7. The molecule has 0 aliphatic heterocycles. The zero-order valence-corrected chi connectivity index (χ0v) is 12.5. The van der Waals surface area contributed by atoms with Gasteiger partial charge in [-0.1, -0.05) is 24.3 Å². The Hall–Kier alpha value is -2.73. The van der Waals surface area contributed by atoms with E-state index in [1.54, 1.807) is 37.4 Å². The van der Waals surface area contributed by atoms with Crippen LogP contribution < -0.4 is 5.32 Å². The van der Waals surface area contributed by atoms with Crippen molar-refractivity contribution in [2.24, 2.45) is 0 Å². The molecule has 0 fully saturated rings. The summed E-state index contributed by atoms with van der Waals surface area (Å²) in [6.07, 6.45) is 0. The molecule has 0 saturated heterocycles. The fraction of sp³-hybridized carbons (Fsp3) is 0.176. The van der Waals surface area contributed by atoms with Gasteiger partial charge in [-0.05, 0) is 29.8 Å². The van der Waals surface area contributed by atoms with Crippen molar-refractivity contribution in [3.8, 4) is 0 Å². The van der Waals surface area contributed by atoms with E-state index in [0.717, 1.165) is 5.56 Å². The number of amides is 1. The molecule has 0 aromatic heterocycles. The monoisotopic (exact) mass is 317 g/mol. The molecule has 2 rings (SSSR count). The number of hydrogen-bond donors (Lipinski definition) is 1. The molecule has 0 unspecified atom stereocenters. The van der Waals surface area contributed by atoms with Gasteiger partial charge in [-0.2, -0.15) is 0 Å². The van der Waals surface area contributed by atoms with E-state index in [9.17, 15) is 14.0 Å². The Morgan fingerprint density at radius 1 is 1.09 bits per heavy atom. The minimum absolute atomic E-state index is 0.0393. The molecular weight excluding hydrogens is 301 g/mol. The predicted octanol–water partition coefficient (Wildman–Crippen LogP) is 2.77. The lowest BCUT2D eigenvalue weighted by Gasteiger charge is -2.07. The molecule has 0 bridgehead atoms. The second kappa shape index (κ2) is 8.05. The molecule has 1 amide bonds. The van der Waals surface area contributed by atoms with Gasteiger partial charge in [0, 0.05) is 7.11 Å². The number of ether oxygens (including phenoxy) is 2. The van der Waals surface area contributed by atoms with E-state index in [1.165, 1.54) is 18.2 Å². The summed E-state index contributed by atoms with van der Waals surface area (Å²) in [5.41, 5.74) is 1.28. The first-order chi connectivity index (χ1) is 11.1. The third-order valence-electron chi connectivity index (χ3n) is 2.98. The summed E-state index contributed by atoms with van der Waals surface area (Å²) >= 11 is 0. The van der Waals surface area contributed by atoms with Gasteiger partial charge in [0.15, 0.2) is 6.61 Å². The van der Waals surface area contributed by atoms with Crippen molar-refractivity contribution in [2.45, 2.75) is 6.61 Å². The number of para-hydroxylation sites is 1. The number of nitrogens with one attached hydrogen (secondary N) is 1. The van der Waals surface area contributed by atoms with E-state index >= 15 is 0 Å². The lowest BCUT2D eigenvalue weighted by Crippen LogP contribution is -2.21. The number of rotatable bonds is 6. The van der Waals surface area contributed by atoms with E-state index in [0.29, 0.717) is 12.2 Å². The molecule has 0 aliphatic rings. The molecule has 5 nitrogen and oxygen atoms in total. The molecule has 1 N–H and O–H groups in total. The first-order valence-corrected chi connectivity index (χ1v) is 6.89. The molecule has 120 valence electrons. The maximum Gasteiger partial charge on any atom is 0.338 e. The Morgan fingerprint density at radius 2 is 1.78 bits per heavy atom. The second-order valence-electron chi connectivity index (χ2n) is 4.73. The normalized spacial score (nSPS) is 10.2. The fourth-order valence-electron chi connectivity index (χ4n) is 1.87. The number of carbonyl (C=O) groups is 2. The first-order valence-electron chi connectivity index (χ1n) is 6.89.